The molecule has 0 aliphatic heterocycles. The van der Waals surface area contributed by atoms with Crippen LogP contribution in [0.4, 0.5) is 0 Å². The third-order valence-corrected chi connectivity index (χ3v) is 21.6. The van der Waals surface area contributed by atoms with Crippen molar-refractivity contribution in [3.8, 4) is 0 Å². The molecule has 6 aliphatic carbocycles. The van der Waals surface area contributed by atoms with Crippen molar-refractivity contribution in [2.75, 3.05) is 0 Å². The fourth-order valence-corrected chi connectivity index (χ4v) is 17.8. The Morgan fingerprint density at radius 2 is 0.443 bits per heavy atom. The Morgan fingerprint density at radius 1 is 0.273 bits per heavy atom. The molecule has 0 bridgehead atoms. The van der Waals surface area contributed by atoms with E-state index in [1.165, 1.54) is 77.0 Å². The molecule has 0 spiro atoms. The van der Waals surface area contributed by atoms with Crippen molar-refractivity contribution in [1.82, 2.24) is 20.3 Å². The minimum atomic E-state index is -0.779. The Kier molecular flexibility index (Phi) is 23.7. The molecule has 6 fully saturated rings. The summed E-state index contributed by atoms with van der Waals surface area (Å²) in [4.78, 5) is 57.5. The van der Waals surface area contributed by atoms with E-state index in [1.807, 2.05) is 104 Å². The molecule has 6 aliphatic rings. The number of aryl methyl sites for hydroxylation is 8. The quantitative estimate of drug-likeness (QED) is 0.0637. The van der Waals surface area contributed by atoms with Crippen molar-refractivity contribution in [3.63, 3.8) is 0 Å². The van der Waals surface area contributed by atoms with Crippen molar-refractivity contribution in [1.29, 1.82) is 0 Å². The van der Waals surface area contributed by atoms with Crippen LogP contribution in [0.2, 0.25) is 0 Å². The number of hydrogen-bond acceptors (Lipinski definition) is 8. The molecule has 4 N–H and O–H groups in total. The molecule has 0 saturated heterocycles. The highest BCUT2D eigenvalue weighted by Crippen LogP contribution is 2.45. The first-order chi connectivity index (χ1) is 42.3. The van der Waals surface area contributed by atoms with Crippen LogP contribution in [0, 0.1) is 90.9 Å². The van der Waals surface area contributed by atoms with E-state index in [1.54, 1.807) is 0 Å². The number of carbonyl (C=O) groups excluding carboxylic acids is 4. The summed E-state index contributed by atoms with van der Waals surface area (Å²) >= 11 is 0. The van der Waals surface area contributed by atoms with E-state index < -0.39 is 47.8 Å². The highest BCUT2D eigenvalue weighted by atomic mass is 16.5. The van der Waals surface area contributed by atoms with E-state index in [0.29, 0.717) is 49.4 Å². The second-order valence-corrected chi connectivity index (χ2v) is 28.8. The Hall–Kier alpha value is -5.40. The van der Waals surface area contributed by atoms with Crippen LogP contribution in [-0.4, -0.2) is 88.9 Å². The standard InChI is InChI=1S/C42H50N2O4.C34H58N2O4/c1-25-13-26(2)18-33(17-25)39(34-19-27(3)14-28(4)20-34)41(45)43(47)37-11-9-10-12-38(37)44(48)42(46)40(35-21-29(5)15-30(6)22-35)36-23-31(7)16-32(8)24-36;37-33(31(25-15-5-1-6-16-25)26-17-7-2-8-18-26)35(39)29-23-13-14-24-30(29)36(40)34(38)32(27-19-9-3-10-20-27)28-21-11-4-12-22-28/h13-24,37-40,47-48H,9-12H2,1-8H3;25-32,39-40H,1-24H2/t37-,38?;29-,30?/m11/s1. The number of benzene rings is 4. The first-order valence-electron chi connectivity index (χ1n) is 34.7. The van der Waals surface area contributed by atoms with Gasteiger partial charge >= 0.3 is 0 Å². The molecule has 2 unspecified atom stereocenters. The fourth-order valence-electron chi connectivity index (χ4n) is 17.8. The second kappa shape index (κ2) is 31.1. The van der Waals surface area contributed by atoms with E-state index >= 15 is 0 Å². The molecule has 4 aromatic carbocycles. The zero-order chi connectivity index (χ0) is 62.8. The van der Waals surface area contributed by atoms with Crippen LogP contribution in [-0.2, 0) is 19.2 Å². The van der Waals surface area contributed by atoms with Crippen molar-refractivity contribution in [2.45, 2.75) is 271 Å². The summed E-state index contributed by atoms with van der Waals surface area (Å²) in [5, 5.41) is 50.8. The summed E-state index contributed by atoms with van der Waals surface area (Å²) in [7, 11) is 0. The zero-order valence-electron chi connectivity index (χ0n) is 54.9. The Bertz CT molecular complexity index is 2570. The van der Waals surface area contributed by atoms with E-state index in [-0.39, 0.29) is 23.7 Å². The van der Waals surface area contributed by atoms with Crippen LogP contribution < -0.4 is 0 Å². The Balaban J connectivity index is 0.000000213. The van der Waals surface area contributed by atoms with Crippen LogP contribution in [0.3, 0.4) is 0 Å². The average molecular weight is 1210 g/mol. The maximum absolute atomic E-state index is 14.5. The SMILES string of the molecule is Cc1cc(C)cc(C(C(=O)N(O)C2CCCC[C@H]2N(O)C(=O)C(c2cc(C)cc(C)c2)c2cc(C)cc(C)c2)c2cc(C)cc(C)c2)c1.O=C(C(C1CCCCC1)C1CCCCC1)N(O)C1CCCC[C@H]1N(O)C(=O)C(C1CCCCC1)C1CCCCC1. The highest BCUT2D eigenvalue weighted by molar-refractivity contribution is 5.88. The van der Waals surface area contributed by atoms with Crippen LogP contribution in [0.25, 0.3) is 0 Å². The molecule has 88 heavy (non-hydrogen) atoms. The molecule has 0 aromatic heterocycles. The molecule has 4 amide bonds. The Labute approximate surface area is 527 Å². The third-order valence-electron chi connectivity index (χ3n) is 21.6. The summed E-state index contributed by atoms with van der Waals surface area (Å²) in [6.07, 6.45) is 28.7. The lowest BCUT2D eigenvalue weighted by Gasteiger charge is -2.45. The van der Waals surface area contributed by atoms with Gasteiger partial charge in [0.1, 0.15) is 0 Å². The van der Waals surface area contributed by atoms with Gasteiger partial charge in [-0.25, -0.2) is 20.3 Å². The van der Waals surface area contributed by atoms with E-state index in [2.05, 4.69) is 24.3 Å². The molecule has 0 heterocycles. The molecule has 12 heteroatoms. The van der Waals surface area contributed by atoms with Crippen molar-refractivity contribution in [2.24, 2.45) is 35.5 Å². The van der Waals surface area contributed by atoms with Gasteiger partial charge < -0.3 is 0 Å². The van der Waals surface area contributed by atoms with Crippen LogP contribution >= 0.6 is 0 Å². The van der Waals surface area contributed by atoms with E-state index in [4.69, 9.17) is 0 Å². The van der Waals surface area contributed by atoms with Gasteiger partial charge in [-0.15, -0.1) is 0 Å². The predicted molar refractivity (Wildman–Crippen MR) is 347 cm³/mol. The number of amides is 4. The summed E-state index contributed by atoms with van der Waals surface area (Å²) in [5.74, 6) is -1.49. The van der Waals surface area contributed by atoms with Crippen molar-refractivity contribution >= 4 is 23.6 Å². The average Bonchev–Trinajstić information content (AvgIpc) is 1.61. The van der Waals surface area contributed by atoms with Gasteiger partial charge in [-0.05, 0) is 178 Å². The molecule has 10 rings (SSSR count). The minimum absolute atomic E-state index is 0.117. The largest absolute Gasteiger partial charge is 0.286 e. The summed E-state index contributed by atoms with van der Waals surface area (Å²) in [5.41, 5.74) is 11.5. The lowest BCUT2D eigenvalue weighted by molar-refractivity contribution is -0.221. The number of nitrogens with zero attached hydrogens (tertiary/aromatic N) is 4. The van der Waals surface area contributed by atoms with Gasteiger partial charge in [0.25, 0.3) is 11.8 Å². The first-order valence-corrected chi connectivity index (χ1v) is 34.7. The van der Waals surface area contributed by atoms with Gasteiger partial charge in [0.05, 0.1) is 36.0 Å². The number of hydroxylamine groups is 8. The minimum Gasteiger partial charge on any atom is -0.286 e. The van der Waals surface area contributed by atoms with Crippen molar-refractivity contribution < 1.29 is 40.0 Å². The molecule has 4 aromatic rings. The molecule has 12 nitrogen and oxygen atoms in total. The normalized spacial score (nSPS) is 21.9. The highest BCUT2D eigenvalue weighted by Gasteiger charge is 2.48. The van der Waals surface area contributed by atoms with Gasteiger partial charge in [-0.2, -0.15) is 0 Å². The molecular weight excluding hydrogens is 1100 g/mol. The lowest BCUT2D eigenvalue weighted by atomic mass is 9.68. The number of carbonyl (C=O) groups is 4. The third kappa shape index (κ3) is 16.4. The molecule has 0 radical (unpaired) electrons. The number of hydrogen-bond donors (Lipinski definition) is 4. The Morgan fingerprint density at radius 3 is 0.636 bits per heavy atom. The van der Waals surface area contributed by atoms with Gasteiger partial charge in [0, 0.05) is 11.8 Å². The second-order valence-electron chi connectivity index (χ2n) is 28.8. The first kappa shape index (κ1) is 67.0. The smallest absolute Gasteiger partial charge is 0.258 e. The van der Waals surface area contributed by atoms with Gasteiger partial charge in [-0.3, -0.25) is 40.0 Å². The molecule has 480 valence electrons. The molecule has 4 atom stereocenters. The number of rotatable bonds is 16. The van der Waals surface area contributed by atoms with Gasteiger partial charge in [-0.1, -0.05) is 220 Å². The van der Waals surface area contributed by atoms with E-state index in [0.717, 1.165) is 164 Å². The maximum atomic E-state index is 14.5. The summed E-state index contributed by atoms with van der Waals surface area (Å²) in [6.45, 7) is 16.0. The predicted octanol–water partition coefficient (Wildman–Crippen LogP) is 17.2. The van der Waals surface area contributed by atoms with Gasteiger partial charge in [0.15, 0.2) is 0 Å². The fraction of sp³-hybridized carbons (Fsp3) is 0.632. The maximum Gasteiger partial charge on any atom is 0.258 e. The van der Waals surface area contributed by atoms with Crippen molar-refractivity contribution in [3.05, 3.63) is 140 Å². The topological polar surface area (TPSA) is 162 Å². The van der Waals surface area contributed by atoms with Gasteiger partial charge in [0.2, 0.25) is 11.8 Å². The van der Waals surface area contributed by atoms with Crippen LogP contribution in [0.1, 0.15) is 258 Å². The molecular formula is C76H108N4O8. The molecule has 6 saturated carbocycles. The van der Waals surface area contributed by atoms with Crippen LogP contribution in [0.15, 0.2) is 72.8 Å². The van der Waals surface area contributed by atoms with E-state index in [9.17, 15) is 40.0 Å². The monoisotopic (exact) mass is 1200 g/mol. The van der Waals surface area contributed by atoms with Crippen LogP contribution in [0.5, 0.6) is 0 Å². The zero-order valence-corrected chi connectivity index (χ0v) is 54.9. The summed E-state index contributed by atoms with van der Waals surface area (Å²) < 4.78 is 0. The lowest BCUT2D eigenvalue weighted by Crippen LogP contribution is -2.58. The summed E-state index contributed by atoms with van der Waals surface area (Å²) in [6, 6.07) is 21.7.